The summed E-state index contributed by atoms with van der Waals surface area (Å²) >= 11 is 1.65. The predicted molar refractivity (Wildman–Crippen MR) is 118 cm³/mol. The fourth-order valence-electron chi connectivity index (χ4n) is 3.42. The van der Waals surface area contributed by atoms with Crippen molar-refractivity contribution in [3.05, 3.63) is 83.9 Å². The van der Waals surface area contributed by atoms with Gasteiger partial charge >= 0.3 is 0 Å². The number of aromatic nitrogens is 1. The first-order valence-corrected chi connectivity index (χ1v) is 10.3. The summed E-state index contributed by atoms with van der Waals surface area (Å²) in [7, 11) is 0. The molecule has 0 aliphatic rings. The number of halogens is 1. The molecule has 0 saturated heterocycles. The van der Waals surface area contributed by atoms with E-state index in [0.29, 0.717) is 22.2 Å². The Bertz CT molecular complexity index is 1390. The Morgan fingerprint density at radius 2 is 1.93 bits per heavy atom. The van der Waals surface area contributed by atoms with Gasteiger partial charge in [0.05, 0.1) is 22.9 Å². The van der Waals surface area contributed by atoms with Crippen LogP contribution in [-0.2, 0) is 11.2 Å². The van der Waals surface area contributed by atoms with E-state index in [9.17, 15) is 9.18 Å². The number of aryl methyl sites for hydroxylation is 1. The second-order valence-corrected chi connectivity index (χ2v) is 8.22. The Labute approximate surface area is 176 Å². The largest absolute Gasteiger partial charge is 0.464 e. The highest BCUT2D eigenvalue weighted by Gasteiger charge is 2.12. The molecule has 6 heteroatoms. The molecule has 0 bridgehead atoms. The van der Waals surface area contributed by atoms with Crippen LogP contribution >= 0.6 is 11.3 Å². The van der Waals surface area contributed by atoms with Crippen LogP contribution in [0.3, 0.4) is 0 Å². The summed E-state index contributed by atoms with van der Waals surface area (Å²) < 4.78 is 20.1. The normalized spacial score (nSPS) is 11.3. The fraction of sp³-hybridized carbons (Fsp3) is 0.0833. The smallest absolute Gasteiger partial charge is 0.228 e. The number of amides is 1. The second-order valence-electron chi connectivity index (χ2n) is 7.19. The molecule has 2 heterocycles. The van der Waals surface area contributed by atoms with Gasteiger partial charge in [0.15, 0.2) is 0 Å². The Kier molecular flexibility index (Phi) is 4.56. The van der Waals surface area contributed by atoms with Crippen molar-refractivity contribution in [2.45, 2.75) is 13.3 Å². The van der Waals surface area contributed by atoms with E-state index in [1.807, 2.05) is 30.3 Å². The fourth-order valence-corrected chi connectivity index (χ4v) is 4.49. The topological polar surface area (TPSA) is 55.1 Å². The van der Waals surface area contributed by atoms with E-state index in [0.717, 1.165) is 20.8 Å². The maximum atomic E-state index is 13.5. The molecule has 2 aromatic heterocycles. The van der Waals surface area contributed by atoms with Crippen LogP contribution < -0.4 is 5.32 Å². The molecule has 0 fully saturated rings. The van der Waals surface area contributed by atoms with Gasteiger partial charge in [0.2, 0.25) is 5.91 Å². The van der Waals surface area contributed by atoms with Gasteiger partial charge in [0, 0.05) is 22.2 Å². The molecule has 4 nitrogen and oxygen atoms in total. The lowest BCUT2D eigenvalue weighted by Gasteiger charge is -2.05. The first-order valence-electron chi connectivity index (χ1n) is 9.48. The van der Waals surface area contributed by atoms with Crippen molar-refractivity contribution in [3.63, 3.8) is 0 Å². The lowest BCUT2D eigenvalue weighted by Crippen LogP contribution is -2.14. The molecule has 0 unspecified atom stereocenters. The second kappa shape index (κ2) is 7.39. The lowest BCUT2D eigenvalue weighted by molar-refractivity contribution is -0.115. The number of furan rings is 1. The zero-order valence-corrected chi connectivity index (χ0v) is 16.9. The highest BCUT2D eigenvalue weighted by molar-refractivity contribution is 7.21. The number of carbonyl (C=O) groups excluding carboxylic acids is 1. The third-order valence-electron chi connectivity index (χ3n) is 4.93. The van der Waals surface area contributed by atoms with Crippen LogP contribution in [0.5, 0.6) is 0 Å². The molecule has 0 atom stereocenters. The number of fused-ring (bicyclic) bond motifs is 2. The SMILES string of the molecule is Cc1ccc2nc(-c3ccc(NC(=O)Cc4coc5ccc(F)cc45)cc3)sc2c1. The molecule has 1 N–H and O–H groups in total. The summed E-state index contributed by atoms with van der Waals surface area (Å²) in [6.45, 7) is 2.07. The summed E-state index contributed by atoms with van der Waals surface area (Å²) in [6, 6.07) is 18.1. The van der Waals surface area contributed by atoms with E-state index in [-0.39, 0.29) is 18.1 Å². The van der Waals surface area contributed by atoms with Crippen molar-refractivity contribution in [2.24, 2.45) is 0 Å². The molecule has 5 aromatic rings. The molecule has 0 aliphatic carbocycles. The molecule has 5 rings (SSSR count). The number of rotatable bonds is 4. The van der Waals surface area contributed by atoms with Gasteiger partial charge in [0.1, 0.15) is 16.4 Å². The maximum absolute atomic E-state index is 13.5. The number of benzene rings is 3. The van der Waals surface area contributed by atoms with Crippen LogP contribution in [0.1, 0.15) is 11.1 Å². The molecular formula is C24H17FN2O2S. The zero-order valence-electron chi connectivity index (χ0n) is 16.1. The number of hydrogen-bond acceptors (Lipinski definition) is 4. The first kappa shape index (κ1) is 18.5. The molecular weight excluding hydrogens is 399 g/mol. The Morgan fingerprint density at radius 3 is 2.77 bits per heavy atom. The predicted octanol–water partition coefficient (Wildman–Crippen LogP) is 6.34. The molecule has 0 aliphatic heterocycles. The van der Waals surface area contributed by atoms with E-state index < -0.39 is 0 Å². The highest BCUT2D eigenvalue weighted by Crippen LogP contribution is 2.31. The molecule has 148 valence electrons. The number of hydrogen-bond donors (Lipinski definition) is 1. The summed E-state index contributed by atoms with van der Waals surface area (Å²) in [6.07, 6.45) is 1.61. The molecule has 0 saturated carbocycles. The standard InChI is InChI=1S/C24H17FN2O2S/c1-14-2-8-20-22(10-14)30-24(27-20)15-3-6-18(7-4-15)26-23(28)11-16-13-29-21-9-5-17(25)12-19(16)21/h2-10,12-13H,11H2,1H3,(H,26,28). The third kappa shape index (κ3) is 3.57. The minimum atomic E-state index is -0.355. The van der Waals surface area contributed by atoms with Crippen LogP contribution in [0, 0.1) is 12.7 Å². The van der Waals surface area contributed by atoms with Crippen molar-refractivity contribution in [1.29, 1.82) is 0 Å². The minimum Gasteiger partial charge on any atom is -0.464 e. The molecule has 1 amide bonds. The number of nitrogens with one attached hydrogen (secondary N) is 1. The van der Waals surface area contributed by atoms with E-state index in [1.54, 1.807) is 17.4 Å². The van der Waals surface area contributed by atoms with E-state index >= 15 is 0 Å². The van der Waals surface area contributed by atoms with Crippen LogP contribution in [0.25, 0.3) is 31.8 Å². The summed E-state index contributed by atoms with van der Waals surface area (Å²) in [5.41, 5.74) is 5.12. The Morgan fingerprint density at radius 1 is 1.10 bits per heavy atom. The van der Waals surface area contributed by atoms with E-state index in [4.69, 9.17) is 9.40 Å². The van der Waals surface area contributed by atoms with Gasteiger partial charge in [0.25, 0.3) is 0 Å². The van der Waals surface area contributed by atoms with Gasteiger partial charge in [-0.3, -0.25) is 4.79 Å². The molecule has 3 aromatic carbocycles. The van der Waals surface area contributed by atoms with Gasteiger partial charge in [-0.15, -0.1) is 11.3 Å². The van der Waals surface area contributed by atoms with Crippen LogP contribution in [0.4, 0.5) is 10.1 Å². The number of nitrogens with zero attached hydrogens (tertiary/aromatic N) is 1. The van der Waals surface area contributed by atoms with Crippen LogP contribution in [0.2, 0.25) is 0 Å². The van der Waals surface area contributed by atoms with Crippen molar-refractivity contribution >= 4 is 44.1 Å². The maximum Gasteiger partial charge on any atom is 0.228 e. The molecule has 0 radical (unpaired) electrons. The zero-order chi connectivity index (χ0) is 20.7. The number of anilines is 1. The van der Waals surface area contributed by atoms with Crippen molar-refractivity contribution in [2.75, 3.05) is 5.32 Å². The van der Waals surface area contributed by atoms with Gasteiger partial charge in [-0.25, -0.2) is 9.37 Å². The lowest BCUT2D eigenvalue weighted by atomic mass is 10.1. The van der Waals surface area contributed by atoms with Crippen molar-refractivity contribution in [1.82, 2.24) is 4.98 Å². The van der Waals surface area contributed by atoms with Crippen LogP contribution in [0.15, 0.2) is 71.3 Å². The van der Waals surface area contributed by atoms with E-state index in [2.05, 4.69) is 24.4 Å². The molecule has 0 spiro atoms. The van der Waals surface area contributed by atoms with Crippen molar-refractivity contribution in [3.8, 4) is 10.6 Å². The van der Waals surface area contributed by atoms with Crippen molar-refractivity contribution < 1.29 is 13.6 Å². The first-order chi connectivity index (χ1) is 14.5. The average Bonchev–Trinajstić information content (AvgIpc) is 3.32. The van der Waals surface area contributed by atoms with Crippen LogP contribution in [-0.4, -0.2) is 10.9 Å². The number of thiazole rings is 1. The van der Waals surface area contributed by atoms with E-state index in [1.165, 1.54) is 24.0 Å². The third-order valence-corrected chi connectivity index (χ3v) is 5.99. The summed E-state index contributed by atoms with van der Waals surface area (Å²) in [5, 5.41) is 4.44. The Balaban J connectivity index is 1.31. The minimum absolute atomic E-state index is 0.107. The van der Waals surface area contributed by atoms with Gasteiger partial charge in [-0.05, 0) is 67.1 Å². The van der Waals surface area contributed by atoms with Gasteiger partial charge < -0.3 is 9.73 Å². The highest BCUT2D eigenvalue weighted by atomic mass is 32.1. The monoisotopic (exact) mass is 416 g/mol. The Hall–Kier alpha value is -3.51. The average molecular weight is 416 g/mol. The van der Waals surface area contributed by atoms with Gasteiger partial charge in [-0.1, -0.05) is 6.07 Å². The number of carbonyl (C=O) groups is 1. The summed E-state index contributed by atoms with van der Waals surface area (Å²) in [4.78, 5) is 17.1. The molecule has 30 heavy (non-hydrogen) atoms. The summed E-state index contributed by atoms with van der Waals surface area (Å²) in [5.74, 6) is -0.545. The van der Waals surface area contributed by atoms with Gasteiger partial charge in [-0.2, -0.15) is 0 Å². The quantitative estimate of drug-likeness (QED) is 0.372.